The summed E-state index contributed by atoms with van der Waals surface area (Å²) in [5.41, 5.74) is 11.3. The third kappa shape index (κ3) is 15.2. The van der Waals surface area contributed by atoms with E-state index < -0.39 is 11.2 Å². The molecule has 71 heavy (non-hydrogen) atoms. The summed E-state index contributed by atoms with van der Waals surface area (Å²) in [5.74, 6) is 1.43. The van der Waals surface area contributed by atoms with E-state index in [1.54, 1.807) is 0 Å². The van der Waals surface area contributed by atoms with Crippen LogP contribution in [0.3, 0.4) is 0 Å². The van der Waals surface area contributed by atoms with Gasteiger partial charge in [-0.3, -0.25) is 0 Å². The van der Waals surface area contributed by atoms with Gasteiger partial charge < -0.3 is 39.4 Å². The number of aliphatic hydroxyl groups excluding tert-OH is 2. The third-order valence-electron chi connectivity index (χ3n) is 16.8. The minimum absolute atomic E-state index is 0.0374. The van der Waals surface area contributed by atoms with Crippen LogP contribution in [0, 0.1) is 33.6 Å². The lowest BCUT2D eigenvalue weighted by molar-refractivity contribution is -0.181. The molecule has 0 spiro atoms. The SMILES string of the molecule is CCC(O)(CC)CCc1ccc(C(CC)(CC)c2ccc(OCC(CO)CO)c(C)c2)cc1C.CCC(O)(CC)CCc1ccc(C(CC)(CC)c2ccc(OCC3COC(C)(C)CO3)c(C)c2)cc1C. The van der Waals surface area contributed by atoms with Gasteiger partial charge in [-0.25, -0.2) is 0 Å². The number of hydrogen-bond acceptors (Lipinski definition) is 8. The number of benzene rings is 4. The number of ether oxygens (including phenoxy) is 4. The molecule has 0 amide bonds. The van der Waals surface area contributed by atoms with Crippen LogP contribution in [-0.4, -0.2) is 83.0 Å². The molecule has 1 aliphatic rings. The number of rotatable bonds is 26. The zero-order valence-corrected chi connectivity index (χ0v) is 46.7. The zero-order valence-electron chi connectivity index (χ0n) is 46.7. The van der Waals surface area contributed by atoms with Gasteiger partial charge in [0.2, 0.25) is 0 Å². The maximum Gasteiger partial charge on any atom is 0.122 e. The molecule has 8 nitrogen and oxygen atoms in total. The fraction of sp³-hybridized carbons (Fsp3) is 0.619. The van der Waals surface area contributed by atoms with E-state index in [9.17, 15) is 20.4 Å². The summed E-state index contributed by atoms with van der Waals surface area (Å²) in [6.07, 6.45) is 10.6. The van der Waals surface area contributed by atoms with Gasteiger partial charge in [-0.2, -0.15) is 0 Å². The van der Waals surface area contributed by atoms with E-state index in [1.807, 2.05) is 19.9 Å². The van der Waals surface area contributed by atoms with Crippen LogP contribution in [0.4, 0.5) is 0 Å². The molecule has 0 radical (unpaired) electrons. The van der Waals surface area contributed by atoms with Crippen LogP contribution >= 0.6 is 0 Å². The van der Waals surface area contributed by atoms with Gasteiger partial charge in [-0.05, 0) is 186 Å². The fourth-order valence-electron chi connectivity index (χ4n) is 10.6. The Labute approximate surface area is 430 Å². The summed E-state index contributed by atoms with van der Waals surface area (Å²) in [7, 11) is 0. The summed E-state index contributed by atoms with van der Waals surface area (Å²) < 4.78 is 23.9. The van der Waals surface area contributed by atoms with Gasteiger partial charge in [0.15, 0.2) is 0 Å². The molecule has 1 heterocycles. The first-order valence-corrected chi connectivity index (χ1v) is 27.3. The van der Waals surface area contributed by atoms with Gasteiger partial charge in [0, 0.05) is 16.7 Å². The first-order valence-electron chi connectivity index (χ1n) is 27.3. The Bertz CT molecular complexity index is 2210. The third-order valence-corrected chi connectivity index (χ3v) is 16.8. The molecule has 1 aliphatic heterocycles. The summed E-state index contributed by atoms with van der Waals surface area (Å²) in [4.78, 5) is 0. The fourth-order valence-corrected chi connectivity index (χ4v) is 10.6. The van der Waals surface area contributed by atoms with Gasteiger partial charge in [-0.15, -0.1) is 0 Å². The van der Waals surface area contributed by atoms with Gasteiger partial charge >= 0.3 is 0 Å². The Balaban J connectivity index is 0.000000310. The molecular formula is C63H96O8. The minimum atomic E-state index is -0.572. The van der Waals surface area contributed by atoms with Crippen LogP contribution in [0.2, 0.25) is 0 Å². The van der Waals surface area contributed by atoms with Crippen LogP contribution in [0.25, 0.3) is 0 Å². The summed E-state index contributed by atoms with van der Waals surface area (Å²) in [6.45, 7) is 31.8. The zero-order chi connectivity index (χ0) is 52.6. The van der Waals surface area contributed by atoms with Crippen molar-refractivity contribution in [1.29, 1.82) is 0 Å². The summed E-state index contributed by atoms with van der Waals surface area (Å²) in [5, 5.41) is 40.1. The quantitative estimate of drug-likeness (QED) is 0.0491. The Hall–Kier alpha value is -3.76. The topological polar surface area (TPSA) is 118 Å². The van der Waals surface area contributed by atoms with Crippen molar-refractivity contribution in [1.82, 2.24) is 0 Å². The van der Waals surface area contributed by atoms with Crippen LogP contribution < -0.4 is 9.47 Å². The average Bonchev–Trinajstić information content (AvgIpc) is 3.37. The van der Waals surface area contributed by atoms with E-state index >= 15 is 0 Å². The Morgan fingerprint density at radius 2 is 0.930 bits per heavy atom. The molecule has 5 rings (SSSR count). The first-order chi connectivity index (χ1) is 33.7. The number of aliphatic hydroxyl groups is 4. The van der Waals surface area contributed by atoms with Crippen LogP contribution in [0.1, 0.15) is 189 Å². The lowest BCUT2D eigenvalue weighted by Crippen LogP contribution is -2.44. The maximum absolute atomic E-state index is 10.7. The van der Waals surface area contributed by atoms with Crippen molar-refractivity contribution < 1.29 is 39.4 Å². The molecule has 1 atom stereocenters. The number of hydrogen-bond donors (Lipinski definition) is 4. The van der Waals surface area contributed by atoms with Gasteiger partial charge in [0.05, 0.1) is 49.8 Å². The van der Waals surface area contributed by atoms with Crippen molar-refractivity contribution in [2.24, 2.45) is 5.92 Å². The molecule has 396 valence electrons. The maximum atomic E-state index is 10.7. The highest BCUT2D eigenvalue weighted by atomic mass is 16.6. The van der Waals surface area contributed by atoms with E-state index in [0.29, 0.717) is 26.4 Å². The van der Waals surface area contributed by atoms with Crippen LogP contribution in [0.5, 0.6) is 11.5 Å². The predicted molar refractivity (Wildman–Crippen MR) is 294 cm³/mol. The van der Waals surface area contributed by atoms with Crippen molar-refractivity contribution in [3.63, 3.8) is 0 Å². The molecule has 0 bridgehead atoms. The highest BCUT2D eigenvalue weighted by Crippen LogP contribution is 2.43. The van der Waals surface area contributed by atoms with Crippen molar-refractivity contribution in [3.8, 4) is 11.5 Å². The van der Waals surface area contributed by atoms with Crippen molar-refractivity contribution in [2.75, 3.05) is 39.6 Å². The largest absolute Gasteiger partial charge is 0.493 e. The normalized spacial score (nSPS) is 15.4. The molecular weight excluding hydrogens is 885 g/mol. The molecule has 4 aromatic carbocycles. The first kappa shape index (κ1) is 59.8. The second kappa shape index (κ2) is 27.0. The molecule has 0 saturated carbocycles. The Morgan fingerprint density at radius 1 is 0.549 bits per heavy atom. The molecule has 4 N–H and O–H groups in total. The standard InChI is InChI=1S/C33H50O4.C30H46O4/c1-9-32(34,10-2)18-17-26-13-14-27(19-24(26)5)33(11-3,12-4)28-15-16-30(25(6)20-28)35-21-29-22-37-31(7,8)23-36-29;1-7-29(33,8-2)16-15-25-11-12-26(17-22(25)5)30(9-3,10-4)27-13-14-28(23(6)18-27)34-21-24(19-31)20-32/h13-16,19-20,29,34H,9-12,17-18,21-23H2,1-8H3;11-14,17-18,24,31-33H,7-10,15-16,19-21H2,1-6H3. The van der Waals surface area contributed by atoms with E-state index in [0.717, 1.165) is 99.7 Å². The molecule has 1 saturated heterocycles. The smallest absolute Gasteiger partial charge is 0.122 e. The summed E-state index contributed by atoms with van der Waals surface area (Å²) in [6, 6.07) is 26.9. The van der Waals surface area contributed by atoms with E-state index in [-0.39, 0.29) is 41.7 Å². The molecule has 0 aromatic heterocycles. The Morgan fingerprint density at radius 3 is 1.25 bits per heavy atom. The molecule has 0 aliphatic carbocycles. The average molecular weight is 981 g/mol. The lowest BCUT2D eigenvalue weighted by atomic mass is 9.69. The molecule has 1 fully saturated rings. The van der Waals surface area contributed by atoms with Crippen molar-refractivity contribution in [3.05, 3.63) is 128 Å². The second-order valence-corrected chi connectivity index (χ2v) is 21.5. The number of aryl methyl sites for hydroxylation is 6. The van der Waals surface area contributed by atoms with E-state index in [4.69, 9.17) is 18.9 Å². The van der Waals surface area contributed by atoms with E-state index in [2.05, 4.69) is 150 Å². The minimum Gasteiger partial charge on any atom is -0.493 e. The molecule has 4 aromatic rings. The lowest BCUT2D eigenvalue weighted by Gasteiger charge is -2.35. The highest BCUT2D eigenvalue weighted by Gasteiger charge is 2.34. The van der Waals surface area contributed by atoms with Gasteiger partial charge in [0.25, 0.3) is 0 Å². The van der Waals surface area contributed by atoms with Crippen molar-refractivity contribution >= 4 is 0 Å². The van der Waals surface area contributed by atoms with Gasteiger partial charge in [-0.1, -0.05) is 116 Å². The van der Waals surface area contributed by atoms with E-state index in [1.165, 1.54) is 44.5 Å². The summed E-state index contributed by atoms with van der Waals surface area (Å²) >= 11 is 0. The Kier molecular flexibility index (Phi) is 22.7. The van der Waals surface area contributed by atoms with Gasteiger partial charge in [0.1, 0.15) is 24.2 Å². The second-order valence-electron chi connectivity index (χ2n) is 21.5. The van der Waals surface area contributed by atoms with Crippen LogP contribution in [-0.2, 0) is 33.1 Å². The van der Waals surface area contributed by atoms with Crippen LogP contribution in [0.15, 0.2) is 72.8 Å². The molecule has 8 heteroatoms. The highest BCUT2D eigenvalue weighted by molar-refractivity contribution is 5.48. The van der Waals surface area contributed by atoms with Crippen molar-refractivity contribution in [2.45, 2.75) is 208 Å². The monoisotopic (exact) mass is 981 g/mol. The molecule has 1 unspecified atom stereocenters. The predicted octanol–water partition coefficient (Wildman–Crippen LogP) is 13.3.